The lowest BCUT2D eigenvalue weighted by atomic mass is 10.0. The summed E-state index contributed by atoms with van der Waals surface area (Å²) in [6.45, 7) is 4.14. The molecule has 0 fully saturated rings. The summed E-state index contributed by atoms with van der Waals surface area (Å²) >= 11 is 1.74. The minimum atomic E-state index is 0.0858. The Morgan fingerprint density at radius 1 is 0.885 bits per heavy atom. The van der Waals surface area contributed by atoms with Crippen LogP contribution in [-0.4, -0.2) is 11.8 Å². The molecule has 1 atom stereocenters. The van der Waals surface area contributed by atoms with Gasteiger partial charge in [-0.05, 0) is 31.5 Å². The first kappa shape index (κ1) is 18.3. The molecule has 0 saturated carbocycles. The fraction of sp³-hybridized carbons (Fsp3) is 0.174. The van der Waals surface area contributed by atoms with Crippen LogP contribution in [0.25, 0.3) is 0 Å². The Balaban J connectivity index is 2.01. The Kier molecular flexibility index (Phi) is 6.50. The van der Waals surface area contributed by atoms with Crippen LogP contribution in [0, 0.1) is 0 Å². The van der Waals surface area contributed by atoms with Crippen molar-refractivity contribution >= 4 is 17.5 Å². The fourth-order valence-corrected chi connectivity index (χ4v) is 3.41. The van der Waals surface area contributed by atoms with Crippen molar-refractivity contribution < 1.29 is 4.84 Å². The first-order chi connectivity index (χ1) is 12.8. The highest BCUT2D eigenvalue weighted by molar-refractivity contribution is 7.99. The molecule has 0 saturated heterocycles. The lowest BCUT2D eigenvalue weighted by Gasteiger charge is -2.14. The predicted octanol–water partition coefficient (Wildman–Crippen LogP) is 6.41. The molecule has 0 N–H and O–H groups in total. The van der Waals surface area contributed by atoms with Gasteiger partial charge in [-0.1, -0.05) is 90.6 Å². The van der Waals surface area contributed by atoms with E-state index < -0.39 is 0 Å². The zero-order valence-electron chi connectivity index (χ0n) is 15.1. The summed E-state index contributed by atoms with van der Waals surface area (Å²) in [6.07, 6.45) is 1.01. The van der Waals surface area contributed by atoms with Crippen molar-refractivity contribution in [3.8, 4) is 0 Å². The van der Waals surface area contributed by atoms with Gasteiger partial charge in [-0.15, -0.1) is 0 Å². The maximum atomic E-state index is 5.75. The van der Waals surface area contributed by atoms with E-state index in [1.807, 2.05) is 37.3 Å². The smallest absolute Gasteiger partial charge is 0.124 e. The molecule has 0 spiro atoms. The average Bonchev–Trinajstić information content (AvgIpc) is 2.70. The number of hydrogen-bond acceptors (Lipinski definition) is 3. The highest BCUT2D eigenvalue weighted by Gasteiger charge is 2.14. The molecule has 0 radical (unpaired) electrons. The van der Waals surface area contributed by atoms with Gasteiger partial charge in [0.25, 0.3) is 0 Å². The molecule has 1 unspecified atom stereocenters. The van der Waals surface area contributed by atoms with Crippen molar-refractivity contribution in [3.63, 3.8) is 0 Å². The van der Waals surface area contributed by atoms with Gasteiger partial charge < -0.3 is 4.84 Å². The summed E-state index contributed by atoms with van der Waals surface area (Å²) in [5.41, 5.74) is 3.00. The van der Waals surface area contributed by atoms with Gasteiger partial charge in [-0.25, -0.2) is 0 Å². The molecule has 0 aliphatic rings. The molecule has 3 aromatic carbocycles. The van der Waals surface area contributed by atoms with Gasteiger partial charge in [-0.2, -0.15) is 0 Å². The van der Waals surface area contributed by atoms with Crippen LogP contribution in [0.15, 0.2) is 99.9 Å². The monoisotopic (exact) mass is 361 g/mol. The number of rotatable bonds is 7. The Labute approximate surface area is 159 Å². The maximum Gasteiger partial charge on any atom is 0.124 e. The number of oxime groups is 1. The molecule has 0 heterocycles. The first-order valence-electron chi connectivity index (χ1n) is 8.89. The van der Waals surface area contributed by atoms with E-state index in [0.29, 0.717) is 0 Å². The molecule has 0 aliphatic heterocycles. The van der Waals surface area contributed by atoms with Gasteiger partial charge >= 0.3 is 0 Å². The quantitative estimate of drug-likeness (QED) is 0.358. The van der Waals surface area contributed by atoms with E-state index in [1.165, 1.54) is 4.90 Å². The molecular formula is C23H23NOS. The average molecular weight is 362 g/mol. The topological polar surface area (TPSA) is 21.6 Å². The van der Waals surface area contributed by atoms with Crippen molar-refractivity contribution in [3.05, 3.63) is 96.1 Å². The molecule has 0 bridgehead atoms. The Morgan fingerprint density at radius 2 is 1.50 bits per heavy atom. The molecule has 3 rings (SSSR count). The maximum absolute atomic E-state index is 5.75. The second-order valence-electron chi connectivity index (χ2n) is 6.04. The third kappa shape index (κ3) is 4.77. The van der Waals surface area contributed by atoms with Crippen molar-refractivity contribution in [2.75, 3.05) is 0 Å². The van der Waals surface area contributed by atoms with E-state index >= 15 is 0 Å². The van der Waals surface area contributed by atoms with Crippen molar-refractivity contribution in [1.29, 1.82) is 0 Å². The highest BCUT2D eigenvalue weighted by Crippen LogP contribution is 2.31. The molecule has 26 heavy (non-hydrogen) atoms. The second kappa shape index (κ2) is 9.25. The van der Waals surface area contributed by atoms with Gasteiger partial charge in [0.15, 0.2) is 0 Å². The van der Waals surface area contributed by atoms with Crippen LogP contribution in [0.4, 0.5) is 0 Å². The third-order valence-corrected chi connectivity index (χ3v) is 5.14. The van der Waals surface area contributed by atoms with Crippen LogP contribution >= 0.6 is 11.8 Å². The second-order valence-corrected chi connectivity index (χ2v) is 7.16. The molecule has 132 valence electrons. The van der Waals surface area contributed by atoms with Crippen LogP contribution in [0.3, 0.4) is 0 Å². The number of nitrogens with zero attached hydrogens (tertiary/aromatic N) is 1. The zero-order chi connectivity index (χ0) is 18.2. The van der Waals surface area contributed by atoms with Crippen LogP contribution in [-0.2, 0) is 4.84 Å². The van der Waals surface area contributed by atoms with E-state index in [9.17, 15) is 0 Å². The van der Waals surface area contributed by atoms with Gasteiger partial charge in [0.1, 0.15) is 11.8 Å². The lowest BCUT2D eigenvalue weighted by Crippen LogP contribution is -2.09. The van der Waals surface area contributed by atoms with E-state index in [2.05, 4.69) is 66.7 Å². The highest BCUT2D eigenvalue weighted by atomic mass is 32.2. The summed E-state index contributed by atoms with van der Waals surface area (Å²) < 4.78 is 0. The Hall–Kier alpha value is -2.52. The molecular weight excluding hydrogens is 338 g/mol. The fourth-order valence-electron chi connectivity index (χ4n) is 2.44. The van der Waals surface area contributed by atoms with Gasteiger partial charge in [0.05, 0.1) is 0 Å². The Bertz CT molecular complexity index is 846. The summed E-state index contributed by atoms with van der Waals surface area (Å²) in [4.78, 5) is 8.11. The minimum Gasteiger partial charge on any atom is -0.392 e. The van der Waals surface area contributed by atoms with Crippen molar-refractivity contribution in [2.45, 2.75) is 36.2 Å². The largest absolute Gasteiger partial charge is 0.392 e. The molecule has 0 amide bonds. The third-order valence-electron chi connectivity index (χ3n) is 4.06. The van der Waals surface area contributed by atoms with Crippen LogP contribution < -0.4 is 0 Å². The number of hydrogen-bond donors (Lipinski definition) is 0. The first-order valence-corrected chi connectivity index (χ1v) is 9.71. The van der Waals surface area contributed by atoms with Crippen molar-refractivity contribution in [1.82, 2.24) is 0 Å². The van der Waals surface area contributed by atoms with Gasteiger partial charge in [-0.3, -0.25) is 0 Å². The van der Waals surface area contributed by atoms with Crippen molar-refractivity contribution in [2.24, 2.45) is 5.16 Å². The summed E-state index contributed by atoms with van der Waals surface area (Å²) in [5.74, 6) is 0. The SMILES string of the molecule is CCC(C)O/N=C(/c1ccccc1)c1ccccc1Sc1ccccc1. The molecule has 2 nitrogen and oxygen atoms in total. The number of benzene rings is 3. The summed E-state index contributed by atoms with van der Waals surface area (Å²) in [6, 6.07) is 29.0. The molecule has 3 aromatic rings. The molecule has 0 aliphatic carbocycles. The van der Waals surface area contributed by atoms with Crippen LogP contribution in [0.1, 0.15) is 31.4 Å². The zero-order valence-corrected chi connectivity index (χ0v) is 15.9. The van der Waals surface area contributed by atoms with Crippen LogP contribution in [0.5, 0.6) is 0 Å². The van der Waals surface area contributed by atoms with Gasteiger partial charge in [0.2, 0.25) is 0 Å². The summed E-state index contributed by atoms with van der Waals surface area (Å²) in [5, 5.41) is 4.54. The van der Waals surface area contributed by atoms with E-state index in [4.69, 9.17) is 4.84 Å². The molecule has 0 aromatic heterocycles. The van der Waals surface area contributed by atoms with E-state index in [-0.39, 0.29) is 6.10 Å². The predicted molar refractivity (Wildman–Crippen MR) is 110 cm³/mol. The van der Waals surface area contributed by atoms with Gasteiger partial charge in [0, 0.05) is 20.9 Å². The van der Waals surface area contributed by atoms with Crippen LogP contribution in [0.2, 0.25) is 0 Å². The standard InChI is InChI=1S/C23H23NOS/c1-3-18(2)25-24-23(19-12-6-4-7-13-19)21-16-10-11-17-22(21)26-20-14-8-5-9-15-20/h4-18H,3H2,1-2H3/b24-23-. The normalized spacial score (nSPS) is 12.6. The van der Waals surface area contributed by atoms with E-state index in [1.54, 1.807) is 11.8 Å². The lowest BCUT2D eigenvalue weighted by molar-refractivity contribution is 0.0702. The van der Waals surface area contributed by atoms with E-state index in [0.717, 1.165) is 28.2 Å². The molecule has 3 heteroatoms. The Morgan fingerprint density at radius 3 is 2.19 bits per heavy atom. The minimum absolute atomic E-state index is 0.0858. The summed E-state index contributed by atoms with van der Waals surface area (Å²) in [7, 11) is 0.